The molecule has 11 heteroatoms. The van der Waals surface area contributed by atoms with Gasteiger partial charge in [-0.3, -0.25) is 4.79 Å². The first-order valence-corrected chi connectivity index (χ1v) is 12.7. The van der Waals surface area contributed by atoms with Crippen molar-refractivity contribution in [2.24, 2.45) is 11.8 Å². The first kappa shape index (κ1) is 24.5. The number of hydrogen-bond donors (Lipinski definition) is 0. The van der Waals surface area contributed by atoms with Crippen molar-refractivity contribution in [3.8, 4) is 0 Å². The number of aromatic nitrogens is 1. The van der Waals surface area contributed by atoms with Gasteiger partial charge in [0.2, 0.25) is 15.9 Å². The van der Waals surface area contributed by atoms with Crippen LogP contribution in [0.4, 0.5) is 4.79 Å². The molecule has 2 amide bonds. The fourth-order valence-corrected chi connectivity index (χ4v) is 5.98. The Kier molecular flexibility index (Phi) is 7.81. The lowest BCUT2D eigenvalue weighted by atomic mass is 9.96. The van der Waals surface area contributed by atoms with Gasteiger partial charge >= 0.3 is 6.09 Å². The zero-order chi connectivity index (χ0) is 23.5. The molecule has 0 aliphatic carbocycles. The van der Waals surface area contributed by atoms with Gasteiger partial charge in [-0.1, -0.05) is 19.0 Å². The highest BCUT2D eigenvalue weighted by atomic mass is 32.2. The van der Waals surface area contributed by atoms with E-state index in [0.29, 0.717) is 57.7 Å². The summed E-state index contributed by atoms with van der Waals surface area (Å²) in [6.07, 6.45) is 1.31. The van der Waals surface area contributed by atoms with E-state index in [1.165, 1.54) is 4.31 Å². The number of ether oxygens (including phenoxy) is 1. The van der Waals surface area contributed by atoms with Crippen LogP contribution in [0.25, 0.3) is 0 Å². The van der Waals surface area contributed by atoms with Gasteiger partial charge < -0.3 is 19.1 Å². The zero-order valence-electron chi connectivity index (χ0n) is 19.4. The summed E-state index contributed by atoms with van der Waals surface area (Å²) in [5, 5.41) is 3.75. The lowest BCUT2D eigenvalue weighted by molar-refractivity contribution is -0.136. The van der Waals surface area contributed by atoms with Gasteiger partial charge in [-0.2, -0.15) is 4.31 Å². The van der Waals surface area contributed by atoms with Crippen molar-refractivity contribution in [1.29, 1.82) is 0 Å². The fourth-order valence-electron chi connectivity index (χ4n) is 4.22. The van der Waals surface area contributed by atoms with Gasteiger partial charge in [-0.25, -0.2) is 13.2 Å². The quantitative estimate of drug-likeness (QED) is 0.647. The van der Waals surface area contributed by atoms with Gasteiger partial charge in [0.15, 0.2) is 5.76 Å². The molecule has 3 rings (SSSR count). The summed E-state index contributed by atoms with van der Waals surface area (Å²) < 4.78 is 37.7. The van der Waals surface area contributed by atoms with E-state index in [4.69, 9.17) is 9.26 Å². The Bertz CT molecular complexity index is 901. The van der Waals surface area contributed by atoms with Gasteiger partial charge in [0.25, 0.3) is 0 Å². The molecule has 2 aliphatic rings. The van der Waals surface area contributed by atoms with E-state index in [2.05, 4.69) is 5.16 Å². The highest BCUT2D eigenvalue weighted by molar-refractivity contribution is 7.89. The van der Waals surface area contributed by atoms with Crippen LogP contribution in [0.1, 0.15) is 44.6 Å². The normalized spacial score (nSPS) is 19.3. The molecule has 2 saturated heterocycles. The topological polar surface area (TPSA) is 113 Å². The third-order valence-corrected chi connectivity index (χ3v) is 8.12. The van der Waals surface area contributed by atoms with E-state index < -0.39 is 10.0 Å². The standard InChI is InChI=1S/C21H34N4O6S/c1-15(2)14-30-21(27)24-9-5-8-23(12-13-24)20(26)18-6-10-25(11-7-18)32(28,29)19-16(3)22-31-17(19)4/h15,18H,5-14H2,1-4H3. The molecule has 0 atom stereocenters. The van der Waals surface area contributed by atoms with Crippen LogP contribution in [0.5, 0.6) is 0 Å². The molecule has 0 radical (unpaired) electrons. The van der Waals surface area contributed by atoms with Crippen LogP contribution in [0.15, 0.2) is 9.42 Å². The molecule has 0 saturated carbocycles. The van der Waals surface area contributed by atoms with Gasteiger partial charge in [0.05, 0.1) is 6.61 Å². The molecule has 0 bridgehead atoms. The number of carbonyl (C=O) groups excluding carboxylic acids is 2. The summed E-state index contributed by atoms with van der Waals surface area (Å²) in [5.41, 5.74) is 0.349. The number of aryl methyl sites for hydroxylation is 2. The van der Waals surface area contributed by atoms with Crippen molar-refractivity contribution in [2.45, 2.75) is 51.9 Å². The van der Waals surface area contributed by atoms with E-state index in [-0.39, 0.29) is 47.6 Å². The Morgan fingerprint density at radius 2 is 1.69 bits per heavy atom. The lowest BCUT2D eigenvalue weighted by Crippen LogP contribution is -2.45. The largest absolute Gasteiger partial charge is 0.449 e. The minimum absolute atomic E-state index is 0.0387. The second-order valence-corrected chi connectivity index (χ2v) is 10.8. The predicted molar refractivity (Wildman–Crippen MR) is 116 cm³/mol. The van der Waals surface area contributed by atoms with Crippen LogP contribution in [0.3, 0.4) is 0 Å². The molecule has 0 N–H and O–H groups in total. The van der Waals surface area contributed by atoms with Crippen LogP contribution < -0.4 is 0 Å². The van der Waals surface area contributed by atoms with Gasteiger partial charge in [-0.05, 0) is 39.0 Å². The van der Waals surface area contributed by atoms with Crippen LogP contribution in [0, 0.1) is 25.7 Å². The molecule has 1 aromatic rings. The summed E-state index contributed by atoms with van der Waals surface area (Å²) >= 11 is 0. The van der Waals surface area contributed by atoms with Crippen molar-refractivity contribution in [2.75, 3.05) is 45.9 Å². The van der Waals surface area contributed by atoms with Crippen LogP contribution >= 0.6 is 0 Å². The molecule has 2 aliphatic heterocycles. The van der Waals surface area contributed by atoms with E-state index in [9.17, 15) is 18.0 Å². The molecule has 32 heavy (non-hydrogen) atoms. The first-order chi connectivity index (χ1) is 15.1. The smallest absolute Gasteiger partial charge is 0.409 e. The Labute approximate surface area is 189 Å². The highest BCUT2D eigenvalue weighted by Crippen LogP contribution is 2.28. The molecule has 10 nitrogen and oxygen atoms in total. The summed E-state index contributed by atoms with van der Waals surface area (Å²) in [7, 11) is -3.69. The van der Waals surface area contributed by atoms with E-state index in [0.717, 1.165) is 0 Å². The van der Waals surface area contributed by atoms with E-state index in [1.54, 1.807) is 23.6 Å². The molecule has 1 aromatic heterocycles. The Balaban J connectivity index is 1.54. The van der Waals surface area contributed by atoms with Crippen molar-refractivity contribution >= 4 is 22.0 Å². The van der Waals surface area contributed by atoms with Gasteiger partial charge in [0, 0.05) is 45.2 Å². The summed E-state index contributed by atoms with van der Waals surface area (Å²) in [6.45, 7) is 10.2. The Morgan fingerprint density at radius 3 is 2.28 bits per heavy atom. The van der Waals surface area contributed by atoms with Gasteiger partial charge in [-0.15, -0.1) is 0 Å². The highest BCUT2D eigenvalue weighted by Gasteiger charge is 2.37. The van der Waals surface area contributed by atoms with E-state index in [1.807, 2.05) is 13.8 Å². The monoisotopic (exact) mass is 470 g/mol. The SMILES string of the molecule is Cc1noc(C)c1S(=O)(=O)N1CCC(C(=O)N2CCCN(C(=O)OCC(C)C)CC2)CC1. The Morgan fingerprint density at radius 1 is 1.06 bits per heavy atom. The molecule has 3 heterocycles. The van der Waals surface area contributed by atoms with Crippen LogP contribution in [-0.2, 0) is 19.6 Å². The van der Waals surface area contributed by atoms with Crippen LogP contribution in [0.2, 0.25) is 0 Å². The van der Waals surface area contributed by atoms with Gasteiger partial charge in [0.1, 0.15) is 10.6 Å². The lowest BCUT2D eigenvalue weighted by Gasteiger charge is -2.33. The number of piperidine rings is 1. The number of hydrogen-bond acceptors (Lipinski definition) is 7. The Hall–Kier alpha value is -2.14. The fraction of sp³-hybridized carbons (Fsp3) is 0.762. The second kappa shape index (κ2) is 10.2. The van der Waals surface area contributed by atoms with E-state index >= 15 is 0 Å². The second-order valence-electron chi connectivity index (χ2n) is 8.97. The number of nitrogens with zero attached hydrogens (tertiary/aromatic N) is 4. The number of sulfonamides is 1. The zero-order valence-corrected chi connectivity index (χ0v) is 20.2. The summed E-state index contributed by atoms with van der Waals surface area (Å²) in [4.78, 5) is 28.9. The summed E-state index contributed by atoms with van der Waals surface area (Å²) in [6, 6.07) is 0. The number of rotatable bonds is 5. The average Bonchev–Trinajstić information content (AvgIpc) is 2.95. The predicted octanol–water partition coefficient (Wildman–Crippen LogP) is 2.02. The average molecular weight is 471 g/mol. The maximum atomic E-state index is 13.1. The van der Waals surface area contributed by atoms with Crippen LogP contribution in [-0.4, -0.2) is 85.6 Å². The molecule has 0 aromatic carbocycles. The third-order valence-electron chi connectivity index (χ3n) is 5.97. The van der Waals surface area contributed by atoms with Crippen molar-refractivity contribution in [3.63, 3.8) is 0 Å². The third kappa shape index (κ3) is 5.43. The van der Waals surface area contributed by atoms with Crippen molar-refractivity contribution in [1.82, 2.24) is 19.3 Å². The number of amides is 2. The molecule has 180 valence electrons. The van der Waals surface area contributed by atoms with Crippen molar-refractivity contribution < 1.29 is 27.3 Å². The summed E-state index contributed by atoms with van der Waals surface area (Å²) in [5.74, 6) is 0.375. The minimum atomic E-state index is -3.69. The minimum Gasteiger partial charge on any atom is -0.449 e. The maximum Gasteiger partial charge on any atom is 0.409 e. The maximum absolute atomic E-state index is 13.1. The molecular formula is C21H34N4O6S. The van der Waals surface area contributed by atoms with Crippen molar-refractivity contribution in [3.05, 3.63) is 11.5 Å². The molecule has 2 fully saturated rings. The molecule has 0 unspecified atom stereocenters. The number of carbonyl (C=O) groups is 2. The molecule has 0 spiro atoms. The molecular weight excluding hydrogens is 436 g/mol. The first-order valence-electron chi connectivity index (χ1n) is 11.2.